The van der Waals surface area contributed by atoms with Crippen LogP contribution in [-0.4, -0.2) is 22.7 Å². The van der Waals surface area contributed by atoms with Gasteiger partial charge in [0.25, 0.3) is 0 Å². The molecule has 0 amide bonds. The Labute approximate surface area is 172 Å². The summed E-state index contributed by atoms with van der Waals surface area (Å²) in [5, 5.41) is 0. The summed E-state index contributed by atoms with van der Waals surface area (Å²) < 4.78 is 21.0. The first-order valence-electron chi connectivity index (χ1n) is 10.5. The van der Waals surface area contributed by atoms with Crippen LogP contribution < -0.4 is 0 Å². The Balaban J connectivity index is 1.60. The Morgan fingerprint density at radius 3 is 2.59 bits per heavy atom. The first-order chi connectivity index (χ1) is 13.9. The number of halogens is 1. The van der Waals surface area contributed by atoms with E-state index in [-0.39, 0.29) is 18.3 Å². The molecule has 1 aliphatic heterocycles. The van der Waals surface area contributed by atoms with Gasteiger partial charge in [-0.1, -0.05) is 62.7 Å². The summed E-state index contributed by atoms with van der Waals surface area (Å²) in [6.07, 6.45) is 6.69. The average Bonchev–Trinajstić information content (AvgIpc) is 2.95. The van der Waals surface area contributed by atoms with E-state index in [2.05, 4.69) is 37.0 Å². The number of alkyl halides is 1. The maximum atomic E-state index is 15.7. The molecule has 152 valence electrons. The summed E-state index contributed by atoms with van der Waals surface area (Å²) in [5.41, 5.74) is 1.15. The van der Waals surface area contributed by atoms with Crippen LogP contribution in [0.25, 0.3) is 17.2 Å². The van der Waals surface area contributed by atoms with Gasteiger partial charge in [-0.15, -0.1) is 0 Å². The van der Waals surface area contributed by atoms with Gasteiger partial charge >= 0.3 is 5.97 Å². The van der Waals surface area contributed by atoms with Crippen molar-refractivity contribution in [2.75, 3.05) is 0 Å². The number of cyclic esters (lactones) is 1. The number of rotatable bonds is 4. The maximum Gasteiger partial charge on any atom is 0.344 e. The normalized spacial score (nSPS) is 34.2. The molecule has 2 aliphatic rings. The van der Waals surface area contributed by atoms with E-state index in [0.29, 0.717) is 5.92 Å². The molecule has 0 N–H and O–H groups in total. The lowest BCUT2D eigenvalue weighted by Crippen LogP contribution is -2.50. The molecule has 4 rings (SSSR count). The quantitative estimate of drug-likeness (QED) is 0.624. The number of esters is 1. The molecule has 2 fully saturated rings. The molecule has 1 aromatic heterocycles. The first-order valence-corrected chi connectivity index (χ1v) is 10.5. The summed E-state index contributed by atoms with van der Waals surface area (Å²) >= 11 is 0. The summed E-state index contributed by atoms with van der Waals surface area (Å²) in [4.78, 5) is 16.8. The van der Waals surface area contributed by atoms with Crippen molar-refractivity contribution in [1.29, 1.82) is 0 Å². The highest BCUT2D eigenvalue weighted by Gasteiger charge is 2.63. The zero-order chi connectivity index (χ0) is 20.6. The second-order valence-electron chi connectivity index (χ2n) is 8.53. The molecule has 1 aromatic carbocycles. The van der Waals surface area contributed by atoms with Gasteiger partial charge in [0.05, 0.1) is 5.69 Å². The Hall–Kier alpha value is -2.49. The van der Waals surface area contributed by atoms with Crippen LogP contribution in [0.3, 0.4) is 0 Å². The van der Waals surface area contributed by atoms with E-state index in [9.17, 15) is 4.79 Å². The van der Waals surface area contributed by atoms with E-state index < -0.39 is 23.7 Å². The number of ether oxygens (including phenoxy) is 1. The van der Waals surface area contributed by atoms with Crippen molar-refractivity contribution < 1.29 is 13.9 Å². The Kier molecular flexibility index (Phi) is 5.28. The Morgan fingerprint density at radius 2 is 1.93 bits per heavy atom. The van der Waals surface area contributed by atoms with Gasteiger partial charge in [0.1, 0.15) is 6.10 Å². The number of aromatic nitrogens is 1. The summed E-state index contributed by atoms with van der Waals surface area (Å²) in [6.45, 7) is 6.01. The van der Waals surface area contributed by atoms with Gasteiger partial charge in [-0.25, -0.2) is 9.18 Å². The lowest BCUT2D eigenvalue weighted by molar-refractivity contribution is -0.152. The number of allylic oxidation sites excluding steroid dienone is 1. The number of carbonyl (C=O) groups excluding carboxylic acids is 1. The summed E-state index contributed by atoms with van der Waals surface area (Å²) in [6, 6.07) is 14.2. The molecule has 3 nitrogen and oxygen atoms in total. The number of carbonyl (C=O) groups is 1. The molecule has 1 aliphatic carbocycles. The summed E-state index contributed by atoms with van der Waals surface area (Å²) in [7, 11) is 0. The molecule has 0 spiro atoms. The van der Waals surface area contributed by atoms with E-state index in [1.54, 1.807) is 0 Å². The zero-order valence-electron chi connectivity index (χ0n) is 17.2. The van der Waals surface area contributed by atoms with Crippen LogP contribution in [0.1, 0.15) is 39.3 Å². The Bertz CT molecular complexity index is 895. The first kappa shape index (κ1) is 19.8. The highest BCUT2D eigenvalue weighted by Crippen LogP contribution is 2.54. The predicted molar refractivity (Wildman–Crippen MR) is 113 cm³/mol. The van der Waals surface area contributed by atoms with E-state index in [1.807, 2.05) is 49.5 Å². The smallest absolute Gasteiger partial charge is 0.344 e. The standard InChI is InChI=1S/C25H28FNO2/c1-4-21-16(2)14-25(26)23(17(3)29-24(25)28)22(21)13-12-20-11-10-19(15-27-20)18-8-6-5-7-9-18/h5-13,15-17,21-23H,4,14H2,1-3H3/t16-,17+,21+,22-,23-,25-/m0/s1. The molecule has 1 saturated heterocycles. The fraction of sp³-hybridized carbons (Fsp3) is 0.440. The minimum Gasteiger partial charge on any atom is -0.460 e. The second-order valence-corrected chi connectivity index (χ2v) is 8.53. The van der Waals surface area contributed by atoms with Crippen molar-refractivity contribution in [3.8, 4) is 11.1 Å². The molecule has 2 aromatic rings. The fourth-order valence-electron chi connectivity index (χ4n) is 5.40. The van der Waals surface area contributed by atoms with Crippen molar-refractivity contribution in [3.63, 3.8) is 0 Å². The number of hydrogen-bond acceptors (Lipinski definition) is 3. The van der Waals surface area contributed by atoms with Crippen LogP contribution in [0.4, 0.5) is 4.39 Å². The van der Waals surface area contributed by atoms with Gasteiger partial charge in [-0.05, 0) is 48.8 Å². The van der Waals surface area contributed by atoms with Gasteiger partial charge in [0.2, 0.25) is 5.67 Å². The van der Waals surface area contributed by atoms with E-state index in [4.69, 9.17) is 4.74 Å². The molecule has 1 saturated carbocycles. The van der Waals surface area contributed by atoms with Crippen LogP contribution in [-0.2, 0) is 9.53 Å². The number of pyridine rings is 1. The van der Waals surface area contributed by atoms with Crippen molar-refractivity contribution >= 4 is 12.0 Å². The molecule has 0 unspecified atom stereocenters. The topological polar surface area (TPSA) is 39.2 Å². The number of hydrogen-bond donors (Lipinski definition) is 0. The van der Waals surface area contributed by atoms with Crippen molar-refractivity contribution in [2.24, 2.45) is 23.7 Å². The van der Waals surface area contributed by atoms with Gasteiger partial charge < -0.3 is 4.74 Å². The van der Waals surface area contributed by atoms with E-state index >= 15 is 4.39 Å². The lowest BCUT2D eigenvalue weighted by Gasteiger charge is -2.44. The third-order valence-electron chi connectivity index (χ3n) is 6.78. The van der Waals surface area contributed by atoms with Gasteiger partial charge in [0, 0.05) is 17.7 Å². The van der Waals surface area contributed by atoms with Crippen molar-refractivity contribution in [2.45, 2.75) is 45.4 Å². The van der Waals surface area contributed by atoms with Gasteiger partial charge in [0.15, 0.2) is 0 Å². The van der Waals surface area contributed by atoms with Gasteiger partial charge in [-0.2, -0.15) is 0 Å². The van der Waals surface area contributed by atoms with Gasteiger partial charge in [-0.3, -0.25) is 4.98 Å². The monoisotopic (exact) mass is 393 g/mol. The molecular formula is C25H28FNO2. The lowest BCUT2D eigenvalue weighted by atomic mass is 9.59. The van der Waals surface area contributed by atoms with Crippen LogP contribution in [0, 0.1) is 23.7 Å². The SMILES string of the molecule is CC[C@H]1[C@H](C=Cc2ccc(-c3ccccc3)cn2)[C@@H]2[C@@H](C)OC(=O)[C@]2(F)C[C@@H]1C. The highest BCUT2D eigenvalue weighted by atomic mass is 19.1. The predicted octanol–water partition coefficient (Wildman–Crippen LogP) is 5.71. The van der Waals surface area contributed by atoms with Crippen molar-refractivity contribution in [3.05, 3.63) is 60.4 Å². The maximum absolute atomic E-state index is 15.7. The molecule has 29 heavy (non-hydrogen) atoms. The molecule has 2 heterocycles. The Morgan fingerprint density at radius 1 is 1.17 bits per heavy atom. The molecule has 4 heteroatoms. The number of benzene rings is 1. The molecule has 0 bridgehead atoms. The highest BCUT2D eigenvalue weighted by molar-refractivity contribution is 5.83. The van der Waals surface area contributed by atoms with Crippen LogP contribution >= 0.6 is 0 Å². The number of fused-ring (bicyclic) bond motifs is 1. The largest absolute Gasteiger partial charge is 0.460 e. The van der Waals surface area contributed by atoms with Crippen LogP contribution in [0.2, 0.25) is 0 Å². The third-order valence-corrected chi connectivity index (χ3v) is 6.78. The van der Waals surface area contributed by atoms with Crippen LogP contribution in [0.5, 0.6) is 0 Å². The fourth-order valence-corrected chi connectivity index (χ4v) is 5.40. The van der Waals surface area contributed by atoms with E-state index in [0.717, 1.165) is 23.2 Å². The van der Waals surface area contributed by atoms with E-state index in [1.165, 1.54) is 0 Å². The average molecular weight is 394 g/mol. The zero-order valence-corrected chi connectivity index (χ0v) is 17.2. The molecule has 0 radical (unpaired) electrons. The minimum absolute atomic E-state index is 0.0502. The second kappa shape index (κ2) is 7.74. The summed E-state index contributed by atoms with van der Waals surface area (Å²) in [5.74, 6) is -0.718. The minimum atomic E-state index is -1.87. The van der Waals surface area contributed by atoms with Crippen LogP contribution in [0.15, 0.2) is 54.7 Å². The third kappa shape index (κ3) is 3.50. The molecule has 6 atom stereocenters. The van der Waals surface area contributed by atoms with Crippen molar-refractivity contribution in [1.82, 2.24) is 4.98 Å². The number of nitrogens with zero attached hydrogens (tertiary/aromatic N) is 1. The molecular weight excluding hydrogens is 365 g/mol.